The van der Waals surface area contributed by atoms with Gasteiger partial charge in [0.2, 0.25) is 0 Å². The SMILES string of the molecule is CO[Si](C)(C)CCCCCCS(=O)(=O)[N-]S(=O)(=O)C(F)(F)F. The van der Waals surface area contributed by atoms with Crippen LogP contribution >= 0.6 is 0 Å². The summed E-state index contributed by atoms with van der Waals surface area (Å²) in [5.74, 6) is -0.715. The molecule has 0 amide bonds. The third kappa shape index (κ3) is 8.46. The zero-order valence-electron chi connectivity index (χ0n) is 12.7. The van der Waals surface area contributed by atoms with Gasteiger partial charge >= 0.3 is 5.51 Å². The van der Waals surface area contributed by atoms with Gasteiger partial charge in [-0.2, -0.15) is 13.2 Å². The number of nitrogens with zero attached hydrogens (tertiary/aromatic N) is 1. The maximum Gasteiger partial charge on any atom is 0.480 e. The molecule has 0 aliphatic carbocycles. The average molecular weight is 384 g/mol. The number of sulfonamides is 2. The van der Waals surface area contributed by atoms with Crippen molar-refractivity contribution in [1.82, 2.24) is 0 Å². The third-order valence-corrected chi connectivity index (χ3v) is 8.73. The second-order valence-electron chi connectivity index (χ2n) is 5.41. The van der Waals surface area contributed by atoms with Crippen LogP contribution < -0.4 is 0 Å². The lowest BCUT2D eigenvalue weighted by Crippen LogP contribution is -2.27. The predicted molar refractivity (Wildman–Crippen MR) is 79.9 cm³/mol. The number of unbranched alkanes of at least 4 members (excludes halogenated alkanes) is 3. The summed E-state index contributed by atoms with van der Waals surface area (Å²) in [6, 6.07) is 0.892. The summed E-state index contributed by atoms with van der Waals surface area (Å²) < 4.78 is 87.3. The normalized spacial score (nSPS) is 14.3. The fraction of sp³-hybridized carbons (Fsp3) is 1.00. The number of hydrogen-bond acceptors (Lipinski definition) is 5. The highest BCUT2D eigenvalue weighted by molar-refractivity contribution is 8.12. The van der Waals surface area contributed by atoms with Crippen molar-refractivity contribution in [2.75, 3.05) is 12.9 Å². The topological polar surface area (TPSA) is 91.6 Å². The zero-order chi connectivity index (χ0) is 17.7. The van der Waals surface area contributed by atoms with Crippen LogP contribution in [0.15, 0.2) is 0 Å². The molecule has 0 rings (SSSR count). The molecule has 12 heteroatoms. The quantitative estimate of drug-likeness (QED) is 0.426. The fourth-order valence-electron chi connectivity index (χ4n) is 1.52. The zero-order valence-corrected chi connectivity index (χ0v) is 15.3. The van der Waals surface area contributed by atoms with E-state index in [-0.39, 0.29) is 6.42 Å². The van der Waals surface area contributed by atoms with Crippen LogP contribution in [0.5, 0.6) is 0 Å². The lowest BCUT2D eigenvalue weighted by atomic mass is 10.2. The first-order chi connectivity index (χ1) is 9.72. The van der Waals surface area contributed by atoms with Gasteiger partial charge in [-0.1, -0.05) is 19.3 Å². The highest BCUT2D eigenvalue weighted by atomic mass is 32.3. The first-order valence-corrected chi connectivity index (χ1v) is 12.7. The first kappa shape index (κ1) is 21.8. The molecule has 22 heavy (non-hydrogen) atoms. The Morgan fingerprint density at radius 1 is 1.00 bits per heavy atom. The Kier molecular flexibility index (Phi) is 8.02. The van der Waals surface area contributed by atoms with Crippen molar-refractivity contribution in [3.8, 4) is 0 Å². The van der Waals surface area contributed by atoms with Crippen LogP contribution in [0.1, 0.15) is 25.7 Å². The summed E-state index contributed by atoms with van der Waals surface area (Å²) in [4.78, 5) is 0. The summed E-state index contributed by atoms with van der Waals surface area (Å²) in [6.45, 7) is 4.08. The van der Waals surface area contributed by atoms with Crippen LogP contribution in [-0.2, 0) is 24.5 Å². The Labute approximate surface area is 130 Å². The second kappa shape index (κ2) is 8.08. The molecule has 6 nitrogen and oxygen atoms in total. The Bertz CT molecular complexity index is 545. The number of rotatable bonds is 10. The minimum absolute atomic E-state index is 0.0637. The van der Waals surface area contributed by atoms with E-state index in [2.05, 4.69) is 0 Å². The van der Waals surface area contributed by atoms with Crippen LogP contribution in [-0.4, -0.2) is 43.5 Å². The first-order valence-electron chi connectivity index (χ1n) is 6.56. The minimum atomic E-state index is -6.00. The largest absolute Gasteiger partial charge is 0.480 e. The van der Waals surface area contributed by atoms with Crippen LogP contribution in [0, 0.1) is 0 Å². The van der Waals surface area contributed by atoms with Gasteiger partial charge in [-0.3, -0.25) is 0 Å². The molecule has 0 spiro atoms. The van der Waals surface area contributed by atoms with Crippen LogP contribution in [0.4, 0.5) is 13.2 Å². The molecule has 134 valence electrons. The van der Waals surface area contributed by atoms with Crippen molar-refractivity contribution in [3.63, 3.8) is 0 Å². The molecular formula is C10H21F3NO5S2Si-. The standard InChI is InChI=1S/C10H21F3NO5S2Si/c1-19-22(2,3)9-7-5-4-6-8-20(15,16)14-21(17,18)10(11,12)13/h4-9H2,1-3H3/q-1. The van der Waals surface area contributed by atoms with Gasteiger partial charge in [0.05, 0.1) is 10.0 Å². The molecule has 0 aliphatic heterocycles. The summed E-state index contributed by atoms with van der Waals surface area (Å²) in [6.07, 6.45) is 2.05. The molecule has 0 saturated carbocycles. The van der Waals surface area contributed by atoms with Crippen LogP contribution in [0.3, 0.4) is 0 Å². The van der Waals surface area contributed by atoms with E-state index in [1.807, 2.05) is 17.2 Å². The third-order valence-electron chi connectivity index (χ3n) is 2.99. The summed E-state index contributed by atoms with van der Waals surface area (Å²) >= 11 is 0. The van der Waals surface area contributed by atoms with Gasteiger partial charge < -0.3 is 8.55 Å². The maximum absolute atomic E-state index is 12.0. The minimum Gasteiger partial charge on any atom is -0.428 e. The van der Waals surface area contributed by atoms with E-state index in [9.17, 15) is 30.0 Å². The van der Waals surface area contributed by atoms with Gasteiger partial charge in [-0.25, -0.2) is 16.8 Å². The van der Waals surface area contributed by atoms with Gasteiger partial charge in [-0.05, 0) is 25.6 Å². The van der Waals surface area contributed by atoms with E-state index in [0.717, 1.165) is 12.5 Å². The average Bonchev–Trinajstić information content (AvgIpc) is 2.30. The Morgan fingerprint density at radius 3 is 1.95 bits per heavy atom. The smallest absolute Gasteiger partial charge is 0.428 e. The summed E-state index contributed by atoms with van der Waals surface area (Å²) in [5.41, 5.74) is -5.70. The van der Waals surface area contributed by atoms with Crippen molar-refractivity contribution in [3.05, 3.63) is 4.13 Å². The molecule has 0 atom stereocenters. The highest BCUT2D eigenvalue weighted by Crippen LogP contribution is 2.30. The van der Waals surface area contributed by atoms with Crippen LogP contribution in [0.25, 0.3) is 4.13 Å². The summed E-state index contributed by atoms with van der Waals surface area (Å²) in [7, 11) is -10.7. The molecule has 0 radical (unpaired) electrons. The Balaban J connectivity index is 4.17. The fourth-order valence-corrected chi connectivity index (χ4v) is 5.23. The van der Waals surface area contributed by atoms with E-state index in [4.69, 9.17) is 4.43 Å². The highest BCUT2D eigenvalue weighted by Gasteiger charge is 2.40. The molecule has 0 fully saturated rings. The van der Waals surface area contributed by atoms with Gasteiger partial charge in [0, 0.05) is 12.9 Å². The lowest BCUT2D eigenvalue weighted by Gasteiger charge is -2.22. The van der Waals surface area contributed by atoms with Gasteiger partial charge in [0.15, 0.2) is 18.3 Å². The van der Waals surface area contributed by atoms with E-state index in [1.54, 1.807) is 7.11 Å². The van der Waals surface area contributed by atoms with Gasteiger partial charge in [-0.15, -0.1) is 0 Å². The lowest BCUT2D eigenvalue weighted by molar-refractivity contribution is -0.0425. The summed E-state index contributed by atoms with van der Waals surface area (Å²) in [5, 5.41) is 0. The van der Waals surface area contributed by atoms with Crippen molar-refractivity contribution >= 4 is 28.4 Å². The van der Waals surface area contributed by atoms with E-state index in [1.165, 1.54) is 0 Å². The van der Waals surface area contributed by atoms with E-state index >= 15 is 0 Å². The molecule has 0 aromatic rings. The molecular weight excluding hydrogens is 363 g/mol. The molecule has 0 bridgehead atoms. The van der Waals surface area contributed by atoms with Gasteiger partial charge in [0.1, 0.15) is 0 Å². The molecule has 0 N–H and O–H groups in total. The molecule has 0 saturated heterocycles. The maximum atomic E-state index is 12.0. The van der Waals surface area contributed by atoms with Crippen molar-refractivity contribution in [2.24, 2.45) is 0 Å². The molecule has 0 aliphatic rings. The van der Waals surface area contributed by atoms with Crippen LogP contribution in [0.2, 0.25) is 19.1 Å². The molecule has 0 aromatic heterocycles. The molecule has 0 aromatic carbocycles. The Hall–Kier alpha value is -0.173. The van der Waals surface area contributed by atoms with Crippen molar-refractivity contribution in [2.45, 2.75) is 50.3 Å². The van der Waals surface area contributed by atoms with E-state index in [0.29, 0.717) is 12.8 Å². The molecule has 0 heterocycles. The van der Waals surface area contributed by atoms with Crippen molar-refractivity contribution < 1.29 is 34.4 Å². The second-order valence-corrected chi connectivity index (χ2v) is 13.4. The number of halogens is 3. The number of alkyl halides is 3. The van der Waals surface area contributed by atoms with Gasteiger partial charge in [0.25, 0.3) is 0 Å². The molecule has 0 unspecified atom stereocenters. The monoisotopic (exact) mass is 384 g/mol. The van der Waals surface area contributed by atoms with Crippen molar-refractivity contribution in [1.29, 1.82) is 0 Å². The number of hydrogen-bond donors (Lipinski definition) is 0. The van der Waals surface area contributed by atoms with E-state index < -0.39 is 39.6 Å². The Morgan fingerprint density at radius 2 is 1.50 bits per heavy atom. The predicted octanol–water partition coefficient (Wildman–Crippen LogP) is 2.95.